The maximum atomic E-state index is 13.3. The minimum atomic E-state index is -0.563. The van der Waals surface area contributed by atoms with Gasteiger partial charge in [0, 0.05) is 11.3 Å². The zero-order valence-corrected chi connectivity index (χ0v) is 12.1. The Labute approximate surface area is 119 Å². The molecule has 1 unspecified atom stereocenters. The van der Waals surface area contributed by atoms with Gasteiger partial charge in [-0.1, -0.05) is 11.5 Å². The molecule has 3 nitrogen and oxygen atoms in total. The van der Waals surface area contributed by atoms with Crippen LogP contribution < -0.4 is 10.8 Å². The molecule has 1 aromatic carbocycles. The maximum absolute atomic E-state index is 13.3. The van der Waals surface area contributed by atoms with E-state index in [0.717, 1.165) is 0 Å². The highest BCUT2D eigenvalue weighted by Crippen LogP contribution is 2.13. The maximum Gasteiger partial charge on any atom is 0.180 e. The van der Waals surface area contributed by atoms with Gasteiger partial charge in [-0.05, 0) is 45.4 Å². The quantitative estimate of drug-likeness (QED) is 0.658. The van der Waals surface area contributed by atoms with E-state index in [1.54, 1.807) is 26.8 Å². The minimum Gasteiger partial charge on any atom is -0.375 e. The van der Waals surface area contributed by atoms with Crippen molar-refractivity contribution in [1.82, 2.24) is 0 Å². The van der Waals surface area contributed by atoms with Crippen LogP contribution in [0.15, 0.2) is 29.3 Å². The van der Waals surface area contributed by atoms with Crippen molar-refractivity contribution in [1.29, 1.82) is 0 Å². The molecule has 0 aromatic heterocycles. The summed E-state index contributed by atoms with van der Waals surface area (Å²) >= 11 is 0. The Balaban J connectivity index is 2.88. The van der Waals surface area contributed by atoms with Crippen molar-refractivity contribution in [3.05, 3.63) is 35.2 Å². The normalized spacial score (nSPS) is 13.4. The summed E-state index contributed by atoms with van der Waals surface area (Å²) in [5.74, 6) is -0.877. The van der Waals surface area contributed by atoms with E-state index < -0.39 is 11.9 Å². The molecule has 0 fully saturated rings. The van der Waals surface area contributed by atoms with Gasteiger partial charge in [-0.25, -0.2) is 4.39 Å². The van der Waals surface area contributed by atoms with Crippen LogP contribution in [0.25, 0.3) is 0 Å². The lowest BCUT2D eigenvalue weighted by atomic mass is 9.95. The van der Waals surface area contributed by atoms with Gasteiger partial charge in [-0.15, -0.1) is 0 Å². The van der Waals surface area contributed by atoms with Crippen molar-refractivity contribution in [3.63, 3.8) is 0 Å². The molecule has 1 N–H and O–H groups in total. The van der Waals surface area contributed by atoms with Gasteiger partial charge in [-0.3, -0.25) is 9.59 Å². The SMILES string of the molecule is [B]c1ccc(NC(C)C(=O)/C(C)=C(/C)C(C)=O)cc1F. The van der Waals surface area contributed by atoms with Gasteiger partial charge in [0.05, 0.1) is 6.04 Å². The highest BCUT2D eigenvalue weighted by Gasteiger charge is 2.18. The average molecular weight is 273 g/mol. The van der Waals surface area contributed by atoms with Gasteiger partial charge in [0.1, 0.15) is 13.7 Å². The van der Waals surface area contributed by atoms with Crippen LogP contribution in [0.1, 0.15) is 27.7 Å². The number of benzene rings is 1. The largest absolute Gasteiger partial charge is 0.375 e. The molecule has 0 bridgehead atoms. The Hall–Kier alpha value is -1.91. The van der Waals surface area contributed by atoms with Gasteiger partial charge in [-0.2, -0.15) is 0 Å². The second-order valence-corrected chi connectivity index (χ2v) is 4.77. The third-order valence-electron chi connectivity index (χ3n) is 3.24. The number of nitrogens with one attached hydrogen (secondary N) is 1. The first-order chi connectivity index (χ1) is 9.23. The van der Waals surface area contributed by atoms with Gasteiger partial charge < -0.3 is 5.32 Å². The van der Waals surface area contributed by atoms with Gasteiger partial charge in [0.15, 0.2) is 11.6 Å². The molecule has 0 spiro atoms. The molecule has 1 aromatic rings. The Kier molecular flexibility index (Phi) is 5.25. The van der Waals surface area contributed by atoms with Crippen molar-refractivity contribution < 1.29 is 14.0 Å². The standard InChI is InChI=1S/C15H17BFNO2/c1-8(11(4)19)9(2)15(20)10(3)18-12-5-6-13(16)14(17)7-12/h5-7,10,18H,1-4H3/b9-8-. The number of carbonyl (C=O) groups is 2. The Bertz CT molecular complexity index is 581. The zero-order chi connectivity index (χ0) is 15.4. The van der Waals surface area contributed by atoms with Gasteiger partial charge >= 0.3 is 0 Å². The highest BCUT2D eigenvalue weighted by molar-refractivity contribution is 6.32. The monoisotopic (exact) mass is 273 g/mol. The predicted molar refractivity (Wildman–Crippen MR) is 78.9 cm³/mol. The van der Waals surface area contributed by atoms with Gasteiger partial charge in [0.25, 0.3) is 0 Å². The number of anilines is 1. The van der Waals surface area contributed by atoms with E-state index in [0.29, 0.717) is 16.8 Å². The zero-order valence-electron chi connectivity index (χ0n) is 12.1. The molecule has 1 rings (SSSR count). The van der Waals surface area contributed by atoms with Crippen molar-refractivity contribution in [2.75, 3.05) is 5.32 Å². The summed E-state index contributed by atoms with van der Waals surface area (Å²) in [5, 5.41) is 2.89. The first-order valence-electron chi connectivity index (χ1n) is 6.28. The topological polar surface area (TPSA) is 46.2 Å². The number of halogens is 1. The molecular weight excluding hydrogens is 256 g/mol. The molecule has 5 heteroatoms. The van der Waals surface area contributed by atoms with E-state index in [1.165, 1.54) is 19.1 Å². The average Bonchev–Trinajstić information content (AvgIpc) is 2.40. The van der Waals surface area contributed by atoms with E-state index in [9.17, 15) is 14.0 Å². The molecule has 0 saturated heterocycles. The Morgan fingerprint density at radius 2 is 1.80 bits per heavy atom. The van der Waals surface area contributed by atoms with Crippen molar-refractivity contribution in [2.45, 2.75) is 33.7 Å². The van der Waals surface area contributed by atoms with E-state index in [-0.39, 0.29) is 17.0 Å². The van der Waals surface area contributed by atoms with Crippen LogP contribution in [-0.2, 0) is 9.59 Å². The summed E-state index contributed by atoms with van der Waals surface area (Å²) < 4.78 is 13.3. The lowest BCUT2D eigenvalue weighted by molar-refractivity contribution is -0.117. The second-order valence-electron chi connectivity index (χ2n) is 4.77. The number of ketones is 2. The fraction of sp³-hybridized carbons (Fsp3) is 0.333. The van der Waals surface area contributed by atoms with E-state index in [2.05, 4.69) is 5.32 Å². The molecule has 104 valence electrons. The summed E-state index contributed by atoms with van der Waals surface area (Å²) in [6.07, 6.45) is 0. The number of hydrogen-bond donors (Lipinski definition) is 1. The second kappa shape index (κ2) is 6.50. The number of rotatable bonds is 5. The Morgan fingerprint density at radius 3 is 2.30 bits per heavy atom. The summed E-state index contributed by atoms with van der Waals surface area (Å²) in [4.78, 5) is 23.4. The first kappa shape index (κ1) is 16.2. The number of allylic oxidation sites excluding steroid dienone is 1. The highest BCUT2D eigenvalue weighted by atomic mass is 19.1. The van der Waals surface area contributed by atoms with E-state index in [1.807, 2.05) is 0 Å². The molecule has 0 saturated carbocycles. The summed E-state index contributed by atoms with van der Waals surface area (Å²) in [5.41, 5.74) is 1.37. The van der Waals surface area contributed by atoms with Crippen molar-refractivity contribution in [3.8, 4) is 0 Å². The molecule has 0 amide bonds. The van der Waals surface area contributed by atoms with Crippen LogP contribution in [0, 0.1) is 5.82 Å². The molecule has 0 aliphatic rings. The molecule has 0 aliphatic heterocycles. The molecule has 20 heavy (non-hydrogen) atoms. The van der Waals surface area contributed by atoms with Crippen LogP contribution >= 0.6 is 0 Å². The van der Waals surface area contributed by atoms with E-state index >= 15 is 0 Å². The molecule has 0 heterocycles. The fourth-order valence-corrected chi connectivity index (χ4v) is 1.71. The van der Waals surface area contributed by atoms with Gasteiger partial charge in [0.2, 0.25) is 0 Å². The van der Waals surface area contributed by atoms with Crippen LogP contribution in [0.3, 0.4) is 0 Å². The molecule has 0 aliphatic carbocycles. The summed E-state index contributed by atoms with van der Waals surface area (Å²) in [6, 6.07) is 3.69. The van der Waals surface area contributed by atoms with E-state index in [4.69, 9.17) is 7.85 Å². The summed E-state index contributed by atoms with van der Waals surface area (Å²) in [6.45, 7) is 6.30. The van der Waals surface area contributed by atoms with Crippen LogP contribution in [0.5, 0.6) is 0 Å². The van der Waals surface area contributed by atoms with Crippen molar-refractivity contribution >= 4 is 30.6 Å². The lowest BCUT2D eigenvalue weighted by Gasteiger charge is -2.16. The minimum absolute atomic E-state index is 0.0537. The Morgan fingerprint density at radius 1 is 1.20 bits per heavy atom. The lowest BCUT2D eigenvalue weighted by Crippen LogP contribution is -2.28. The van der Waals surface area contributed by atoms with Crippen molar-refractivity contribution in [2.24, 2.45) is 0 Å². The van der Waals surface area contributed by atoms with Crippen LogP contribution in [0.4, 0.5) is 10.1 Å². The number of Topliss-reactive ketones (excluding diaryl/α,β-unsaturated/α-hetero) is 2. The fourth-order valence-electron chi connectivity index (χ4n) is 1.71. The number of hydrogen-bond acceptors (Lipinski definition) is 3. The van der Waals surface area contributed by atoms with Crippen LogP contribution in [0.2, 0.25) is 0 Å². The molecular formula is C15H17BFNO2. The molecule has 1 atom stereocenters. The predicted octanol–water partition coefficient (Wildman–Crippen LogP) is 1.91. The first-order valence-corrected chi connectivity index (χ1v) is 6.28. The number of carbonyl (C=O) groups excluding carboxylic acids is 2. The third kappa shape index (κ3) is 3.79. The third-order valence-corrected chi connectivity index (χ3v) is 3.24. The smallest absolute Gasteiger partial charge is 0.180 e. The molecule has 2 radical (unpaired) electrons. The van der Waals surface area contributed by atoms with Crippen LogP contribution in [-0.4, -0.2) is 25.5 Å². The summed E-state index contributed by atoms with van der Waals surface area (Å²) in [7, 11) is 5.39.